The first-order valence-electron chi connectivity index (χ1n) is 7.44. The number of hydrogen-bond acceptors (Lipinski definition) is 8. The predicted octanol–water partition coefficient (Wildman–Crippen LogP) is -5.17. The van der Waals surface area contributed by atoms with Crippen LogP contribution in [0.2, 0.25) is 0 Å². The summed E-state index contributed by atoms with van der Waals surface area (Å²) in [6.45, 7) is -1.59. The van der Waals surface area contributed by atoms with Crippen molar-refractivity contribution in [1.29, 1.82) is 0 Å². The molecule has 27 heavy (non-hydrogen) atoms. The van der Waals surface area contributed by atoms with Crippen LogP contribution in [0.25, 0.3) is 0 Å². The highest BCUT2D eigenvalue weighted by Crippen LogP contribution is 1.94. The van der Waals surface area contributed by atoms with E-state index < -0.39 is 79.7 Å². The molecule has 10 N–H and O–H groups in total. The normalized spacial score (nSPS) is 13.6. The molecule has 0 aromatic rings. The highest BCUT2D eigenvalue weighted by Gasteiger charge is 2.27. The lowest BCUT2D eigenvalue weighted by molar-refractivity contribution is -0.144. The van der Waals surface area contributed by atoms with Gasteiger partial charge < -0.3 is 42.7 Å². The van der Waals surface area contributed by atoms with Crippen molar-refractivity contribution in [3.63, 3.8) is 0 Å². The Kier molecular flexibility index (Phi) is 10.0. The van der Waals surface area contributed by atoms with Crippen LogP contribution in [0.3, 0.4) is 0 Å². The van der Waals surface area contributed by atoms with E-state index in [0.29, 0.717) is 0 Å². The fourth-order valence-corrected chi connectivity index (χ4v) is 1.69. The van der Waals surface area contributed by atoms with Gasteiger partial charge in [-0.15, -0.1) is 0 Å². The molecule has 0 aliphatic rings. The van der Waals surface area contributed by atoms with Gasteiger partial charge in [0.15, 0.2) is 0 Å². The van der Waals surface area contributed by atoms with Gasteiger partial charge in [-0.2, -0.15) is 0 Å². The summed E-state index contributed by atoms with van der Waals surface area (Å²) in [7, 11) is 0. The number of aliphatic carboxylic acids is 2. The number of carbonyl (C=O) groups is 6. The summed E-state index contributed by atoms with van der Waals surface area (Å²) >= 11 is 0. The van der Waals surface area contributed by atoms with E-state index in [0.717, 1.165) is 0 Å². The summed E-state index contributed by atoms with van der Waals surface area (Å²) in [5.74, 6) is -6.83. The minimum atomic E-state index is -1.66. The maximum Gasteiger partial charge on any atom is 0.326 e. The molecule has 0 heterocycles. The number of rotatable bonds is 12. The van der Waals surface area contributed by atoms with Gasteiger partial charge in [0, 0.05) is 0 Å². The average Bonchev–Trinajstić information content (AvgIpc) is 2.55. The maximum atomic E-state index is 11.9. The van der Waals surface area contributed by atoms with Gasteiger partial charge >= 0.3 is 11.9 Å². The van der Waals surface area contributed by atoms with Gasteiger partial charge in [0.2, 0.25) is 23.6 Å². The third-order valence-corrected chi connectivity index (χ3v) is 3.01. The molecule has 152 valence electrons. The lowest BCUT2D eigenvalue weighted by Gasteiger charge is -2.19. The van der Waals surface area contributed by atoms with Crippen molar-refractivity contribution in [2.45, 2.75) is 31.0 Å². The molecule has 0 rings (SSSR count). The fourth-order valence-electron chi connectivity index (χ4n) is 1.69. The van der Waals surface area contributed by atoms with Crippen LogP contribution >= 0.6 is 0 Å². The molecule has 0 saturated heterocycles. The van der Waals surface area contributed by atoms with Crippen LogP contribution in [0, 0.1) is 0 Å². The van der Waals surface area contributed by atoms with Crippen molar-refractivity contribution in [3.8, 4) is 0 Å². The molecular weight excluding hydrogens is 370 g/mol. The molecule has 14 heteroatoms. The van der Waals surface area contributed by atoms with E-state index in [1.165, 1.54) is 0 Å². The zero-order valence-electron chi connectivity index (χ0n) is 14.0. The van der Waals surface area contributed by atoms with Gasteiger partial charge in [0.1, 0.15) is 12.1 Å². The summed E-state index contributed by atoms with van der Waals surface area (Å²) < 4.78 is 0. The van der Waals surface area contributed by atoms with Crippen LogP contribution in [-0.4, -0.2) is 82.2 Å². The summed E-state index contributed by atoms with van der Waals surface area (Å²) in [6.07, 6.45) is -1.36. The standard InChI is InChI=1S/C13H21N5O9/c14-5(1-10(22)23)11(24)16-3-9(21)17-7(4-19)12(25)18-6(13(26)27)2-8(15)20/h5-7,19H,1-4,14H2,(H2,15,20)(H,16,24)(H,17,21)(H,18,25)(H,22,23)(H,26,27). The highest BCUT2D eigenvalue weighted by molar-refractivity contribution is 5.94. The molecule has 4 amide bonds. The van der Waals surface area contributed by atoms with Crippen molar-refractivity contribution in [3.05, 3.63) is 0 Å². The molecule has 0 bridgehead atoms. The first-order valence-corrected chi connectivity index (χ1v) is 7.44. The zero-order valence-corrected chi connectivity index (χ0v) is 14.0. The number of aliphatic hydroxyl groups is 1. The summed E-state index contributed by atoms with van der Waals surface area (Å²) in [6, 6.07) is -4.62. The molecule has 0 fully saturated rings. The van der Waals surface area contributed by atoms with Gasteiger partial charge in [-0.25, -0.2) is 4.79 Å². The Labute approximate surface area is 152 Å². The summed E-state index contributed by atoms with van der Waals surface area (Å²) in [5.41, 5.74) is 10.1. The van der Waals surface area contributed by atoms with Gasteiger partial charge in [0.05, 0.1) is 32.0 Å². The molecule has 0 aromatic heterocycles. The maximum absolute atomic E-state index is 11.9. The Bertz CT molecular complexity index is 609. The van der Waals surface area contributed by atoms with Gasteiger partial charge in [-0.3, -0.25) is 24.0 Å². The van der Waals surface area contributed by atoms with Crippen LogP contribution in [0.15, 0.2) is 0 Å². The smallest absolute Gasteiger partial charge is 0.326 e. The largest absolute Gasteiger partial charge is 0.481 e. The second kappa shape index (κ2) is 11.4. The van der Waals surface area contributed by atoms with Crippen molar-refractivity contribution in [1.82, 2.24) is 16.0 Å². The molecule has 0 aliphatic heterocycles. The fraction of sp³-hybridized carbons (Fsp3) is 0.538. The number of hydrogen-bond donors (Lipinski definition) is 8. The Morgan fingerprint density at radius 3 is 1.93 bits per heavy atom. The van der Waals surface area contributed by atoms with E-state index >= 15 is 0 Å². The van der Waals surface area contributed by atoms with Crippen molar-refractivity contribution in [2.24, 2.45) is 11.5 Å². The van der Waals surface area contributed by atoms with Crippen LogP contribution < -0.4 is 27.4 Å². The average molecular weight is 391 g/mol. The number of aliphatic hydroxyl groups excluding tert-OH is 1. The number of nitrogens with two attached hydrogens (primary N) is 2. The summed E-state index contributed by atoms with van der Waals surface area (Å²) in [4.78, 5) is 67.2. The van der Waals surface area contributed by atoms with E-state index in [4.69, 9.17) is 26.8 Å². The second-order valence-electron chi connectivity index (χ2n) is 5.29. The first-order chi connectivity index (χ1) is 12.5. The minimum Gasteiger partial charge on any atom is -0.481 e. The Morgan fingerprint density at radius 1 is 0.889 bits per heavy atom. The van der Waals surface area contributed by atoms with Crippen molar-refractivity contribution >= 4 is 35.6 Å². The molecule has 3 unspecified atom stereocenters. The van der Waals surface area contributed by atoms with Crippen LogP contribution in [0.5, 0.6) is 0 Å². The number of carbonyl (C=O) groups excluding carboxylic acids is 4. The van der Waals surface area contributed by atoms with Gasteiger partial charge in [0.25, 0.3) is 0 Å². The topological polar surface area (TPSA) is 251 Å². The van der Waals surface area contributed by atoms with Gasteiger partial charge in [-0.05, 0) is 0 Å². The lowest BCUT2D eigenvalue weighted by atomic mass is 10.1. The minimum absolute atomic E-state index is 0.661. The second-order valence-corrected chi connectivity index (χ2v) is 5.29. The molecule has 0 radical (unpaired) electrons. The number of amides is 4. The number of primary amides is 1. The molecule has 14 nitrogen and oxygen atoms in total. The van der Waals surface area contributed by atoms with E-state index in [-0.39, 0.29) is 0 Å². The molecule has 0 aromatic carbocycles. The van der Waals surface area contributed by atoms with Crippen molar-refractivity contribution < 1.29 is 44.1 Å². The van der Waals surface area contributed by atoms with Crippen molar-refractivity contribution in [2.75, 3.05) is 13.2 Å². The quantitative estimate of drug-likeness (QED) is 0.157. The highest BCUT2D eigenvalue weighted by atomic mass is 16.4. The number of carboxylic acids is 2. The number of carboxylic acid groups (broad SMARTS) is 2. The van der Waals surface area contributed by atoms with Crippen LogP contribution in [0.1, 0.15) is 12.8 Å². The summed E-state index contributed by atoms with van der Waals surface area (Å²) in [5, 5.41) is 32.5. The van der Waals surface area contributed by atoms with E-state index in [1.807, 2.05) is 16.0 Å². The van der Waals surface area contributed by atoms with E-state index in [1.54, 1.807) is 0 Å². The Balaban J connectivity index is 4.64. The van der Waals surface area contributed by atoms with Crippen LogP contribution in [-0.2, 0) is 28.8 Å². The van der Waals surface area contributed by atoms with Crippen LogP contribution in [0.4, 0.5) is 0 Å². The third kappa shape index (κ3) is 9.71. The molecule has 0 saturated carbocycles. The Morgan fingerprint density at radius 2 is 1.48 bits per heavy atom. The van der Waals surface area contributed by atoms with E-state index in [2.05, 4.69) is 0 Å². The third-order valence-electron chi connectivity index (χ3n) is 3.01. The zero-order chi connectivity index (χ0) is 21.1. The molecule has 0 aliphatic carbocycles. The SMILES string of the molecule is NC(=O)CC(NC(=O)C(CO)NC(=O)CNC(=O)C(N)CC(=O)O)C(=O)O. The molecule has 3 atom stereocenters. The van der Waals surface area contributed by atoms with Gasteiger partial charge in [-0.1, -0.05) is 0 Å². The molecule has 0 spiro atoms. The molecular formula is C13H21N5O9. The number of nitrogens with one attached hydrogen (secondary N) is 3. The predicted molar refractivity (Wildman–Crippen MR) is 85.6 cm³/mol. The first kappa shape index (κ1) is 23.7. The Hall–Kier alpha value is -3.26. The van der Waals surface area contributed by atoms with E-state index in [9.17, 15) is 28.8 Å². The lowest BCUT2D eigenvalue weighted by Crippen LogP contribution is -2.55. The monoisotopic (exact) mass is 391 g/mol.